The molecule has 0 spiro atoms. The Kier molecular flexibility index (Phi) is 10.5. The van der Waals surface area contributed by atoms with Crippen molar-refractivity contribution in [2.75, 3.05) is 0 Å². The normalized spacial score (nSPS) is 11.3. The smallest absolute Gasteiger partial charge is 0.242 e. The molecule has 0 N–H and O–H groups in total. The molecule has 60 heavy (non-hydrogen) atoms. The van der Waals surface area contributed by atoms with Crippen LogP contribution in [0.3, 0.4) is 0 Å². The van der Waals surface area contributed by atoms with Crippen LogP contribution in [0.1, 0.15) is 62.6 Å². The van der Waals surface area contributed by atoms with Crippen LogP contribution in [0.5, 0.6) is 0 Å². The third kappa shape index (κ3) is 7.11. The monoisotopic (exact) mass is 773 g/mol. The fraction of sp³-hybridized carbons (Fsp3) is 0.138. The molecular weight excluding hydrogens is 721 g/mol. The van der Waals surface area contributed by atoms with Crippen molar-refractivity contribution in [1.82, 2.24) is 4.57 Å². The van der Waals surface area contributed by atoms with Gasteiger partial charge in [-0.3, -0.25) is 0 Å². The quantitative estimate of drug-likeness (QED) is 0.102. The van der Waals surface area contributed by atoms with Gasteiger partial charge in [0, 0.05) is 28.4 Å². The second-order valence-corrected chi connectivity index (χ2v) is 16.7. The summed E-state index contributed by atoms with van der Waals surface area (Å²) in [4.78, 5) is 0. The number of hydrogen-bond acceptors (Lipinski definition) is 0. The standard InChI is InChI=1S/C58H52BN/c1-8-60-53-25-16-15-24-51(53)52-37-49(28-31-54(52)60)56(55(45-18-11-9-12-19-45)46-20-13-10-14-21-46)48-23-17-22-47(36-48)44-26-29-50(30-27-44)59(57-40(4)32-38(2)33-41(57)5)58-42(6)34-39(3)35-43(58)7/h9-37H,8H2,1-7H3. The van der Waals surface area contributed by atoms with E-state index in [0.717, 1.165) is 6.54 Å². The summed E-state index contributed by atoms with van der Waals surface area (Å²) >= 11 is 0. The molecule has 9 rings (SSSR count). The second kappa shape index (κ2) is 16.2. The maximum absolute atomic E-state index is 2.44. The van der Waals surface area contributed by atoms with Crippen LogP contribution in [0, 0.1) is 41.5 Å². The summed E-state index contributed by atoms with van der Waals surface area (Å²) in [6.07, 6.45) is 0. The molecule has 2 heteroatoms. The van der Waals surface area contributed by atoms with Gasteiger partial charge in [-0.2, -0.15) is 0 Å². The largest absolute Gasteiger partial charge is 0.341 e. The molecule has 292 valence electrons. The minimum absolute atomic E-state index is 0.133. The van der Waals surface area contributed by atoms with Gasteiger partial charge in [0.25, 0.3) is 0 Å². The van der Waals surface area contributed by atoms with Crippen LogP contribution >= 0.6 is 0 Å². The van der Waals surface area contributed by atoms with E-state index in [0.29, 0.717) is 0 Å². The van der Waals surface area contributed by atoms with E-state index in [4.69, 9.17) is 0 Å². The predicted molar refractivity (Wildman–Crippen MR) is 261 cm³/mol. The van der Waals surface area contributed by atoms with Crippen LogP contribution in [0.2, 0.25) is 0 Å². The molecule has 8 aromatic carbocycles. The lowest BCUT2D eigenvalue weighted by Crippen LogP contribution is -2.55. The number of fused-ring (bicyclic) bond motifs is 3. The molecule has 0 aliphatic heterocycles. The van der Waals surface area contributed by atoms with E-state index in [9.17, 15) is 0 Å². The van der Waals surface area contributed by atoms with Crippen molar-refractivity contribution in [2.45, 2.75) is 55.0 Å². The first kappa shape index (κ1) is 38.9. The zero-order chi connectivity index (χ0) is 41.5. The highest BCUT2D eigenvalue weighted by Gasteiger charge is 2.28. The Labute approximate surface area is 356 Å². The zero-order valence-corrected chi connectivity index (χ0v) is 36.0. The van der Waals surface area contributed by atoms with Crippen LogP contribution in [0.25, 0.3) is 44.1 Å². The molecular formula is C58H52BN. The third-order valence-electron chi connectivity index (χ3n) is 12.5. The topological polar surface area (TPSA) is 4.93 Å². The summed E-state index contributed by atoms with van der Waals surface area (Å²) in [6.45, 7) is 16.8. The average molecular weight is 774 g/mol. The van der Waals surface area contributed by atoms with Gasteiger partial charge in [-0.1, -0.05) is 201 Å². The highest BCUT2D eigenvalue weighted by atomic mass is 15.0. The maximum Gasteiger partial charge on any atom is 0.242 e. The number of para-hydroxylation sites is 1. The number of aryl methyl sites for hydroxylation is 7. The molecule has 0 amide bonds. The van der Waals surface area contributed by atoms with Gasteiger partial charge in [0.15, 0.2) is 0 Å². The summed E-state index contributed by atoms with van der Waals surface area (Å²) < 4.78 is 2.44. The number of aromatic nitrogens is 1. The van der Waals surface area contributed by atoms with Crippen molar-refractivity contribution in [3.05, 3.63) is 232 Å². The molecule has 1 nitrogen and oxygen atoms in total. The summed E-state index contributed by atoms with van der Waals surface area (Å²) in [5.41, 5.74) is 24.3. The van der Waals surface area contributed by atoms with Crippen molar-refractivity contribution in [2.24, 2.45) is 0 Å². The maximum atomic E-state index is 2.44. The molecule has 0 bridgehead atoms. The Morgan fingerprint density at radius 3 is 1.45 bits per heavy atom. The van der Waals surface area contributed by atoms with Crippen molar-refractivity contribution in [3.63, 3.8) is 0 Å². The molecule has 0 radical (unpaired) electrons. The Morgan fingerprint density at radius 1 is 0.400 bits per heavy atom. The lowest BCUT2D eigenvalue weighted by Gasteiger charge is -2.25. The van der Waals surface area contributed by atoms with Gasteiger partial charge in [-0.15, -0.1) is 0 Å². The highest BCUT2D eigenvalue weighted by molar-refractivity contribution is 6.96. The number of rotatable bonds is 9. The van der Waals surface area contributed by atoms with Gasteiger partial charge in [-0.05, 0) is 117 Å². The average Bonchev–Trinajstić information content (AvgIpc) is 3.58. The van der Waals surface area contributed by atoms with Crippen molar-refractivity contribution < 1.29 is 0 Å². The SMILES string of the molecule is CCn1c2ccccc2c2cc(C(=C(c3ccccc3)c3ccccc3)c3cccc(-c4ccc(B(c5c(C)cc(C)cc5C)c5c(C)cc(C)cc5C)cc4)c3)ccc21. The fourth-order valence-corrected chi connectivity index (χ4v) is 10.2. The third-order valence-corrected chi connectivity index (χ3v) is 12.5. The van der Waals surface area contributed by atoms with Crippen LogP contribution in [0.4, 0.5) is 0 Å². The van der Waals surface area contributed by atoms with Gasteiger partial charge in [0.1, 0.15) is 0 Å². The Bertz CT molecular complexity index is 2910. The molecule has 0 saturated carbocycles. The van der Waals surface area contributed by atoms with Gasteiger partial charge >= 0.3 is 0 Å². The highest BCUT2D eigenvalue weighted by Crippen LogP contribution is 2.40. The molecule has 1 aromatic heterocycles. The lowest BCUT2D eigenvalue weighted by atomic mass is 9.34. The molecule has 1 heterocycles. The predicted octanol–water partition coefficient (Wildman–Crippen LogP) is 12.9. The number of hydrogen-bond donors (Lipinski definition) is 0. The van der Waals surface area contributed by atoms with E-state index in [1.807, 2.05) is 0 Å². The van der Waals surface area contributed by atoms with Crippen LogP contribution < -0.4 is 16.4 Å². The van der Waals surface area contributed by atoms with Crippen molar-refractivity contribution in [3.8, 4) is 11.1 Å². The molecule has 0 atom stereocenters. The Hall–Kier alpha value is -6.64. The van der Waals surface area contributed by atoms with E-state index >= 15 is 0 Å². The van der Waals surface area contributed by atoms with Crippen molar-refractivity contribution >= 4 is 56.1 Å². The minimum Gasteiger partial charge on any atom is -0.341 e. The molecule has 0 saturated heterocycles. The van der Waals surface area contributed by atoms with E-state index in [-0.39, 0.29) is 6.71 Å². The first-order chi connectivity index (χ1) is 29.2. The molecule has 0 aliphatic carbocycles. The van der Waals surface area contributed by atoms with Crippen LogP contribution in [0.15, 0.2) is 176 Å². The first-order valence-corrected chi connectivity index (χ1v) is 21.4. The molecule has 0 unspecified atom stereocenters. The lowest BCUT2D eigenvalue weighted by molar-refractivity contribution is 0.827. The van der Waals surface area contributed by atoms with Crippen LogP contribution in [-0.2, 0) is 6.54 Å². The van der Waals surface area contributed by atoms with E-state index < -0.39 is 0 Å². The van der Waals surface area contributed by atoms with Crippen LogP contribution in [-0.4, -0.2) is 11.3 Å². The zero-order valence-electron chi connectivity index (χ0n) is 36.0. The van der Waals surface area contributed by atoms with E-state index in [2.05, 4.69) is 229 Å². The fourth-order valence-electron chi connectivity index (χ4n) is 10.2. The first-order valence-electron chi connectivity index (χ1n) is 21.4. The van der Waals surface area contributed by atoms with Gasteiger partial charge in [0.05, 0.1) is 0 Å². The van der Waals surface area contributed by atoms with Gasteiger partial charge in [0.2, 0.25) is 6.71 Å². The van der Waals surface area contributed by atoms with E-state index in [1.165, 1.54) is 116 Å². The molecule has 0 aliphatic rings. The van der Waals surface area contributed by atoms with Crippen molar-refractivity contribution in [1.29, 1.82) is 0 Å². The Balaban J connectivity index is 1.23. The summed E-state index contributed by atoms with van der Waals surface area (Å²) in [7, 11) is 0. The Morgan fingerprint density at radius 2 is 0.883 bits per heavy atom. The summed E-state index contributed by atoms with van der Waals surface area (Å²) in [6, 6.07) is 65.7. The summed E-state index contributed by atoms with van der Waals surface area (Å²) in [5.74, 6) is 0. The van der Waals surface area contributed by atoms with Gasteiger partial charge in [-0.25, -0.2) is 0 Å². The minimum atomic E-state index is 0.133. The number of benzene rings is 8. The summed E-state index contributed by atoms with van der Waals surface area (Å²) in [5, 5.41) is 2.57. The molecule has 9 aromatic rings. The van der Waals surface area contributed by atoms with Gasteiger partial charge < -0.3 is 4.57 Å². The number of nitrogens with zero attached hydrogens (tertiary/aromatic N) is 1. The molecule has 0 fully saturated rings. The van der Waals surface area contributed by atoms with E-state index in [1.54, 1.807) is 0 Å². The second-order valence-electron chi connectivity index (χ2n) is 16.7.